The Morgan fingerprint density at radius 1 is 1.08 bits per heavy atom. The summed E-state index contributed by atoms with van der Waals surface area (Å²) in [6, 6.07) is 18.7. The second kappa shape index (κ2) is 6.96. The topological polar surface area (TPSA) is 59.4 Å². The van der Waals surface area contributed by atoms with Crippen LogP contribution in [0.25, 0.3) is 11.3 Å². The molecular formula is C20H17NO3. The molecule has 0 fully saturated rings. The van der Waals surface area contributed by atoms with Gasteiger partial charge in [-0.25, -0.2) is 4.79 Å². The molecule has 0 amide bonds. The predicted molar refractivity (Wildman–Crippen MR) is 92.4 cm³/mol. The fourth-order valence-electron chi connectivity index (χ4n) is 2.59. The van der Waals surface area contributed by atoms with Gasteiger partial charge in [0.25, 0.3) is 0 Å². The number of nitrogens with zero attached hydrogens (tertiary/aromatic N) is 1. The Balaban J connectivity index is 1.84. The number of hydrogen-bond donors (Lipinski definition) is 1. The maximum Gasteiger partial charge on any atom is 0.335 e. The summed E-state index contributed by atoms with van der Waals surface area (Å²) in [6.07, 6.45) is 2.32. The second-order valence-corrected chi connectivity index (χ2v) is 5.42. The van der Waals surface area contributed by atoms with E-state index in [2.05, 4.69) is 4.98 Å². The van der Waals surface area contributed by atoms with Crippen molar-refractivity contribution in [2.75, 3.05) is 7.11 Å². The number of ether oxygens (including phenoxy) is 1. The van der Waals surface area contributed by atoms with Crippen LogP contribution in [0.5, 0.6) is 5.75 Å². The number of hydrogen-bond acceptors (Lipinski definition) is 3. The number of carboxylic acid groups (broad SMARTS) is 1. The highest BCUT2D eigenvalue weighted by atomic mass is 16.5. The van der Waals surface area contributed by atoms with E-state index in [1.165, 1.54) is 0 Å². The van der Waals surface area contributed by atoms with Crippen LogP contribution in [0.3, 0.4) is 0 Å². The highest BCUT2D eigenvalue weighted by Gasteiger charge is 2.10. The number of aromatic nitrogens is 1. The molecule has 0 spiro atoms. The van der Waals surface area contributed by atoms with Crippen LogP contribution in [0, 0.1) is 0 Å². The number of carboxylic acids is 1. The van der Waals surface area contributed by atoms with Gasteiger partial charge in [-0.1, -0.05) is 36.4 Å². The molecular weight excluding hydrogens is 302 g/mol. The molecule has 0 atom stereocenters. The number of rotatable bonds is 5. The van der Waals surface area contributed by atoms with E-state index in [0.29, 0.717) is 12.0 Å². The zero-order valence-electron chi connectivity index (χ0n) is 13.3. The Hall–Kier alpha value is -3.14. The van der Waals surface area contributed by atoms with Crippen molar-refractivity contribution in [1.29, 1.82) is 0 Å². The highest BCUT2D eigenvalue weighted by Crippen LogP contribution is 2.23. The van der Waals surface area contributed by atoms with Crippen molar-refractivity contribution in [3.63, 3.8) is 0 Å². The molecule has 3 aromatic rings. The van der Waals surface area contributed by atoms with Gasteiger partial charge in [-0.15, -0.1) is 0 Å². The van der Waals surface area contributed by atoms with Crippen LogP contribution in [-0.2, 0) is 6.42 Å². The first-order chi connectivity index (χ1) is 11.7. The van der Waals surface area contributed by atoms with Gasteiger partial charge in [0.1, 0.15) is 5.75 Å². The van der Waals surface area contributed by atoms with Crippen LogP contribution < -0.4 is 4.74 Å². The third-order valence-corrected chi connectivity index (χ3v) is 3.83. The van der Waals surface area contributed by atoms with Crippen LogP contribution in [-0.4, -0.2) is 23.2 Å². The molecule has 0 radical (unpaired) electrons. The SMILES string of the molecule is COc1cccc(-c2ccc(Cc3ccccc3C(=O)O)cn2)c1. The van der Waals surface area contributed by atoms with E-state index in [1.807, 2.05) is 48.5 Å². The molecule has 4 nitrogen and oxygen atoms in total. The predicted octanol–water partition coefficient (Wildman–Crippen LogP) is 4.05. The fraction of sp³-hybridized carbons (Fsp3) is 0.100. The molecule has 0 saturated heterocycles. The lowest BCUT2D eigenvalue weighted by molar-refractivity contribution is 0.0696. The van der Waals surface area contributed by atoms with E-state index < -0.39 is 5.97 Å². The minimum absolute atomic E-state index is 0.328. The molecule has 1 aromatic heterocycles. The summed E-state index contributed by atoms with van der Waals surface area (Å²) in [5.74, 6) is -0.125. The van der Waals surface area contributed by atoms with Gasteiger partial charge in [0.15, 0.2) is 0 Å². The Morgan fingerprint density at radius 2 is 1.92 bits per heavy atom. The van der Waals surface area contributed by atoms with E-state index in [-0.39, 0.29) is 0 Å². The molecule has 0 unspecified atom stereocenters. The Labute approximate surface area is 140 Å². The third-order valence-electron chi connectivity index (χ3n) is 3.83. The molecule has 120 valence electrons. The van der Waals surface area contributed by atoms with Crippen molar-refractivity contribution in [3.05, 3.63) is 83.6 Å². The van der Waals surface area contributed by atoms with Crippen LogP contribution in [0.15, 0.2) is 66.9 Å². The first kappa shape index (κ1) is 15.7. The summed E-state index contributed by atoms with van der Waals surface area (Å²) in [4.78, 5) is 15.8. The Bertz CT molecular complexity index is 857. The lowest BCUT2D eigenvalue weighted by Crippen LogP contribution is -2.03. The van der Waals surface area contributed by atoms with Crippen LogP contribution in [0.4, 0.5) is 0 Å². The molecule has 4 heteroatoms. The standard InChI is InChI=1S/C20H17NO3/c1-24-17-7-4-6-16(12-17)19-10-9-14(13-21-19)11-15-5-2-3-8-18(15)20(22)23/h2-10,12-13H,11H2,1H3,(H,22,23). The number of pyridine rings is 1. The van der Waals surface area contributed by atoms with Gasteiger partial charge >= 0.3 is 5.97 Å². The molecule has 3 rings (SSSR count). The van der Waals surface area contributed by atoms with E-state index in [1.54, 1.807) is 25.4 Å². The molecule has 1 N–H and O–H groups in total. The largest absolute Gasteiger partial charge is 0.497 e. The summed E-state index contributed by atoms with van der Waals surface area (Å²) < 4.78 is 5.23. The average molecular weight is 319 g/mol. The highest BCUT2D eigenvalue weighted by molar-refractivity contribution is 5.89. The lowest BCUT2D eigenvalue weighted by atomic mass is 10.0. The molecule has 24 heavy (non-hydrogen) atoms. The van der Waals surface area contributed by atoms with Gasteiger partial charge in [-0.05, 0) is 41.8 Å². The fourth-order valence-corrected chi connectivity index (χ4v) is 2.59. The van der Waals surface area contributed by atoms with Crippen molar-refractivity contribution in [2.24, 2.45) is 0 Å². The van der Waals surface area contributed by atoms with Crippen LogP contribution in [0.2, 0.25) is 0 Å². The summed E-state index contributed by atoms with van der Waals surface area (Å²) in [5, 5.41) is 9.26. The number of benzene rings is 2. The minimum Gasteiger partial charge on any atom is -0.497 e. The molecule has 0 aliphatic heterocycles. The van der Waals surface area contributed by atoms with Gasteiger partial charge in [0.2, 0.25) is 0 Å². The van der Waals surface area contributed by atoms with E-state index >= 15 is 0 Å². The maximum atomic E-state index is 11.3. The zero-order chi connectivity index (χ0) is 16.9. The lowest BCUT2D eigenvalue weighted by Gasteiger charge is -2.07. The van der Waals surface area contributed by atoms with E-state index in [4.69, 9.17) is 4.74 Å². The Morgan fingerprint density at radius 3 is 2.62 bits per heavy atom. The second-order valence-electron chi connectivity index (χ2n) is 5.42. The summed E-state index contributed by atoms with van der Waals surface area (Å²) in [6.45, 7) is 0. The van der Waals surface area contributed by atoms with Crippen molar-refractivity contribution >= 4 is 5.97 Å². The summed E-state index contributed by atoms with van der Waals surface area (Å²) in [5.41, 5.74) is 3.90. The molecule has 0 bridgehead atoms. The summed E-state index contributed by atoms with van der Waals surface area (Å²) in [7, 11) is 1.63. The van der Waals surface area contributed by atoms with Gasteiger partial charge in [0.05, 0.1) is 18.4 Å². The van der Waals surface area contributed by atoms with Crippen molar-refractivity contribution in [3.8, 4) is 17.0 Å². The summed E-state index contributed by atoms with van der Waals surface area (Å²) >= 11 is 0. The van der Waals surface area contributed by atoms with Gasteiger partial charge < -0.3 is 9.84 Å². The minimum atomic E-state index is -0.911. The first-order valence-corrected chi connectivity index (χ1v) is 7.58. The number of aromatic carboxylic acids is 1. The third kappa shape index (κ3) is 3.43. The average Bonchev–Trinajstić information content (AvgIpc) is 2.62. The van der Waals surface area contributed by atoms with Crippen molar-refractivity contribution in [2.45, 2.75) is 6.42 Å². The van der Waals surface area contributed by atoms with Crippen molar-refractivity contribution in [1.82, 2.24) is 4.98 Å². The van der Waals surface area contributed by atoms with Gasteiger partial charge in [-0.2, -0.15) is 0 Å². The molecule has 0 saturated carbocycles. The smallest absolute Gasteiger partial charge is 0.335 e. The van der Waals surface area contributed by atoms with E-state index in [9.17, 15) is 9.90 Å². The monoisotopic (exact) mass is 319 g/mol. The van der Waals surface area contributed by atoms with Crippen LogP contribution >= 0.6 is 0 Å². The normalized spacial score (nSPS) is 10.4. The van der Waals surface area contributed by atoms with Crippen LogP contribution in [0.1, 0.15) is 21.5 Å². The molecule has 2 aromatic carbocycles. The quantitative estimate of drug-likeness (QED) is 0.771. The van der Waals surface area contributed by atoms with Gasteiger partial charge in [-0.3, -0.25) is 4.98 Å². The molecule has 1 heterocycles. The van der Waals surface area contributed by atoms with Gasteiger partial charge in [0, 0.05) is 11.8 Å². The number of carbonyl (C=O) groups is 1. The Kier molecular flexibility index (Phi) is 4.57. The number of methoxy groups -OCH3 is 1. The maximum absolute atomic E-state index is 11.3. The zero-order valence-corrected chi connectivity index (χ0v) is 13.3. The van der Waals surface area contributed by atoms with Crippen molar-refractivity contribution < 1.29 is 14.6 Å². The van der Waals surface area contributed by atoms with E-state index in [0.717, 1.165) is 28.1 Å². The molecule has 0 aliphatic carbocycles. The first-order valence-electron chi connectivity index (χ1n) is 7.58. The molecule has 0 aliphatic rings.